The Kier molecular flexibility index (Phi) is 5.90. The number of halogens is 1. The standard InChI is InChI=1S/C23H24FN3OS/c1-16-21(29-23(25-16)26-20-9-7-19(24)8-10-20)22(28)27-13-11-18(12-14-27)15-17-5-3-2-4-6-17/h2-10,18H,11-15H2,1H3,(H,25,26). The van der Waals surface area contributed by atoms with Gasteiger partial charge in [0.2, 0.25) is 0 Å². The van der Waals surface area contributed by atoms with Crippen LogP contribution in [0.1, 0.15) is 33.8 Å². The van der Waals surface area contributed by atoms with Crippen LogP contribution in [0.4, 0.5) is 15.2 Å². The summed E-state index contributed by atoms with van der Waals surface area (Å²) in [6.45, 7) is 3.44. The Balaban J connectivity index is 1.36. The van der Waals surface area contributed by atoms with Gasteiger partial charge in [-0.25, -0.2) is 9.37 Å². The van der Waals surface area contributed by atoms with E-state index in [9.17, 15) is 9.18 Å². The largest absolute Gasteiger partial charge is 0.338 e. The minimum Gasteiger partial charge on any atom is -0.338 e. The van der Waals surface area contributed by atoms with Crippen LogP contribution in [0, 0.1) is 18.7 Å². The molecule has 0 radical (unpaired) electrons. The maximum absolute atomic E-state index is 13.1. The summed E-state index contributed by atoms with van der Waals surface area (Å²) in [5.74, 6) is 0.405. The molecular formula is C23H24FN3OS. The van der Waals surface area contributed by atoms with E-state index in [0.717, 1.165) is 43.7 Å². The summed E-state index contributed by atoms with van der Waals surface area (Å²) in [7, 11) is 0. The minimum atomic E-state index is -0.280. The molecule has 6 heteroatoms. The van der Waals surface area contributed by atoms with Crippen LogP contribution in [0.3, 0.4) is 0 Å². The van der Waals surface area contributed by atoms with Crippen molar-refractivity contribution in [3.8, 4) is 0 Å². The number of hydrogen-bond donors (Lipinski definition) is 1. The molecule has 150 valence electrons. The summed E-state index contributed by atoms with van der Waals surface area (Å²) in [6.07, 6.45) is 3.13. The minimum absolute atomic E-state index is 0.0605. The fourth-order valence-corrected chi connectivity index (χ4v) is 4.69. The number of piperidine rings is 1. The van der Waals surface area contributed by atoms with E-state index in [1.165, 1.54) is 29.0 Å². The molecule has 3 aromatic rings. The molecule has 2 aromatic carbocycles. The summed E-state index contributed by atoms with van der Waals surface area (Å²) >= 11 is 1.36. The van der Waals surface area contributed by atoms with Gasteiger partial charge in [-0.1, -0.05) is 41.7 Å². The zero-order valence-electron chi connectivity index (χ0n) is 16.4. The van der Waals surface area contributed by atoms with Gasteiger partial charge in [0.05, 0.1) is 5.69 Å². The molecule has 0 atom stereocenters. The van der Waals surface area contributed by atoms with Crippen LogP contribution in [0.15, 0.2) is 54.6 Å². The number of anilines is 2. The number of amides is 1. The van der Waals surface area contributed by atoms with Gasteiger partial charge in [0, 0.05) is 18.8 Å². The van der Waals surface area contributed by atoms with E-state index in [2.05, 4.69) is 34.6 Å². The molecule has 1 amide bonds. The van der Waals surface area contributed by atoms with E-state index in [0.29, 0.717) is 15.9 Å². The molecule has 4 rings (SSSR count). The number of rotatable bonds is 5. The molecule has 0 bridgehead atoms. The number of carbonyl (C=O) groups excluding carboxylic acids is 1. The van der Waals surface area contributed by atoms with Gasteiger partial charge in [0.1, 0.15) is 10.7 Å². The predicted octanol–water partition coefficient (Wildman–Crippen LogP) is 5.43. The van der Waals surface area contributed by atoms with Crippen molar-refractivity contribution in [2.45, 2.75) is 26.2 Å². The molecular weight excluding hydrogens is 385 g/mol. The lowest BCUT2D eigenvalue weighted by atomic mass is 9.90. The molecule has 1 saturated heterocycles. The first-order valence-electron chi connectivity index (χ1n) is 9.91. The number of aromatic nitrogens is 1. The molecule has 2 heterocycles. The molecule has 0 saturated carbocycles. The van der Waals surface area contributed by atoms with Crippen molar-refractivity contribution in [3.63, 3.8) is 0 Å². The second kappa shape index (κ2) is 8.74. The first-order valence-corrected chi connectivity index (χ1v) is 10.7. The summed E-state index contributed by atoms with van der Waals surface area (Å²) in [5.41, 5.74) is 2.85. The number of nitrogens with one attached hydrogen (secondary N) is 1. The summed E-state index contributed by atoms with van der Waals surface area (Å²) in [4.78, 5) is 20.1. The maximum Gasteiger partial charge on any atom is 0.265 e. The summed E-state index contributed by atoms with van der Waals surface area (Å²) < 4.78 is 13.1. The Bertz CT molecular complexity index is 964. The van der Waals surface area contributed by atoms with Gasteiger partial charge in [0.25, 0.3) is 5.91 Å². The molecule has 0 aliphatic carbocycles. The van der Waals surface area contributed by atoms with E-state index in [1.807, 2.05) is 17.9 Å². The van der Waals surface area contributed by atoms with E-state index in [-0.39, 0.29) is 11.7 Å². The van der Waals surface area contributed by atoms with Crippen LogP contribution in [0.2, 0.25) is 0 Å². The van der Waals surface area contributed by atoms with Crippen LogP contribution >= 0.6 is 11.3 Å². The molecule has 1 fully saturated rings. The van der Waals surface area contributed by atoms with Crippen molar-refractivity contribution < 1.29 is 9.18 Å². The lowest BCUT2D eigenvalue weighted by Crippen LogP contribution is -2.38. The van der Waals surface area contributed by atoms with Gasteiger partial charge in [-0.2, -0.15) is 0 Å². The van der Waals surface area contributed by atoms with Crippen molar-refractivity contribution in [2.24, 2.45) is 5.92 Å². The SMILES string of the molecule is Cc1nc(Nc2ccc(F)cc2)sc1C(=O)N1CCC(Cc2ccccc2)CC1. The number of nitrogens with zero attached hydrogens (tertiary/aromatic N) is 2. The summed E-state index contributed by atoms with van der Waals surface area (Å²) in [5, 5.41) is 3.80. The predicted molar refractivity (Wildman–Crippen MR) is 115 cm³/mol. The fourth-order valence-electron chi connectivity index (χ4n) is 3.74. The van der Waals surface area contributed by atoms with Crippen molar-refractivity contribution in [1.82, 2.24) is 9.88 Å². The highest BCUT2D eigenvalue weighted by Crippen LogP contribution is 2.29. The molecule has 1 aromatic heterocycles. The van der Waals surface area contributed by atoms with Crippen molar-refractivity contribution in [3.05, 3.63) is 76.5 Å². The van der Waals surface area contributed by atoms with Crippen molar-refractivity contribution in [1.29, 1.82) is 0 Å². The Morgan fingerprint density at radius 1 is 1.14 bits per heavy atom. The van der Waals surface area contributed by atoms with Crippen LogP contribution < -0.4 is 5.32 Å². The second-order valence-corrected chi connectivity index (χ2v) is 8.49. The first-order chi connectivity index (χ1) is 14.1. The Labute approximate surface area is 174 Å². The topological polar surface area (TPSA) is 45.2 Å². The number of carbonyl (C=O) groups is 1. The van der Waals surface area contributed by atoms with Gasteiger partial charge in [0.15, 0.2) is 5.13 Å². The van der Waals surface area contributed by atoms with Crippen LogP contribution in [-0.2, 0) is 6.42 Å². The first kappa shape index (κ1) is 19.6. The highest BCUT2D eigenvalue weighted by molar-refractivity contribution is 7.17. The normalized spacial score (nSPS) is 14.8. The van der Waals surface area contributed by atoms with E-state index >= 15 is 0 Å². The average Bonchev–Trinajstić information content (AvgIpc) is 3.10. The van der Waals surface area contributed by atoms with E-state index in [4.69, 9.17) is 0 Å². The fraction of sp³-hybridized carbons (Fsp3) is 0.304. The lowest BCUT2D eigenvalue weighted by Gasteiger charge is -2.32. The van der Waals surface area contributed by atoms with Gasteiger partial charge in [-0.05, 0) is 61.9 Å². The number of aryl methyl sites for hydroxylation is 1. The number of thiazole rings is 1. The maximum atomic E-state index is 13.1. The van der Waals surface area contributed by atoms with Crippen molar-refractivity contribution >= 4 is 28.1 Å². The summed E-state index contributed by atoms with van der Waals surface area (Å²) in [6, 6.07) is 16.7. The molecule has 1 N–H and O–H groups in total. The number of benzene rings is 2. The number of likely N-dealkylation sites (tertiary alicyclic amines) is 1. The van der Waals surface area contributed by atoms with Crippen LogP contribution in [0.25, 0.3) is 0 Å². The van der Waals surface area contributed by atoms with Crippen LogP contribution in [-0.4, -0.2) is 28.9 Å². The number of hydrogen-bond acceptors (Lipinski definition) is 4. The quantitative estimate of drug-likeness (QED) is 0.611. The molecule has 29 heavy (non-hydrogen) atoms. The highest BCUT2D eigenvalue weighted by Gasteiger charge is 2.26. The smallest absolute Gasteiger partial charge is 0.265 e. The third kappa shape index (κ3) is 4.82. The molecule has 1 aliphatic heterocycles. The molecule has 4 nitrogen and oxygen atoms in total. The molecule has 0 unspecified atom stereocenters. The lowest BCUT2D eigenvalue weighted by molar-refractivity contribution is 0.0694. The third-order valence-electron chi connectivity index (χ3n) is 5.36. The van der Waals surface area contributed by atoms with E-state index in [1.54, 1.807) is 12.1 Å². The highest BCUT2D eigenvalue weighted by atomic mass is 32.1. The second-order valence-electron chi connectivity index (χ2n) is 7.49. The van der Waals surface area contributed by atoms with Crippen LogP contribution in [0.5, 0.6) is 0 Å². The zero-order valence-corrected chi connectivity index (χ0v) is 17.2. The zero-order chi connectivity index (χ0) is 20.2. The third-order valence-corrected chi connectivity index (χ3v) is 6.42. The monoisotopic (exact) mass is 409 g/mol. The van der Waals surface area contributed by atoms with Crippen molar-refractivity contribution in [2.75, 3.05) is 18.4 Å². The Hall–Kier alpha value is -2.73. The molecule has 1 aliphatic rings. The molecule has 0 spiro atoms. The Morgan fingerprint density at radius 3 is 2.52 bits per heavy atom. The van der Waals surface area contributed by atoms with Gasteiger partial charge in [-0.15, -0.1) is 0 Å². The average molecular weight is 410 g/mol. The van der Waals surface area contributed by atoms with Gasteiger partial charge < -0.3 is 10.2 Å². The Morgan fingerprint density at radius 2 is 1.83 bits per heavy atom. The van der Waals surface area contributed by atoms with Gasteiger partial charge in [-0.3, -0.25) is 4.79 Å². The van der Waals surface area contributed by atoms with Gasteiger partial charge >= 0.3 is 0 Å². The van der Waals surface area contributed by atoms with E-state index < -0.39 is 0 Å².